The molecule has 0 heterocycles. The number of carbonyl (C=O) groups is 2. The average Bonchev–Trinajstić information content (AvgIpc) is 2.80. The van der Waals surface area contributed by atoms with Crippen molar-refractivity contribution >= 4 is 20.9 Å². The van der Waals surface area contributed by atoms with E-state index in [4.69, 9.17) is 9.30 Å². The van der Waals surface area contributed by atoms with Gasteiger partial charge in [-0.05, 0) is 37.0 Å². The lowest BCUT2D eigenvalue weighted by Gasteiger charge is -2.18. The lowest BCUT2D eigenvalue weighted by atomic mass is 9.87. The summed E-state index contributed by atoms with van der Waals surface area (Å²) in [6.45, 7) is 6.42. The van der Waals surface area contributed by atoms with E-state index in [0.717, 1.165) is 24.0 Å². The number of hydrogen-bond donors (Lipinski definition) is 0. The molecule has 32 heavy (non-hydrogen) atoms. The zero-order valence-electron chi connectivity index (χ0n) is 19.9. The predicted octanol–water partition coefficient (Wildman–Crippen LogP) is 6.89. The molecule has 0 radical (unpaired) electrons. The van der Waals surface area contributed by atoms with Gasteiger partial charge in [0.2, 0.25) is 0 Å². The fourth-order valence-electron chi connectivity index (χ4n) is 3.88. The number of esters is 1. The van der Waals surface area contributed by atoms with Crippen LogP contribution in [-0.2, 0) is 14.1 Å². The van der Waals surface area contributed by atoms with Crippen molar-refractivity contribution in [2.24, 2.45) is 0 Å². The molecule has 2 rings (SSSR count). The Bertz CT molecular complexity index is 799. The molecule has 0 saturated heterocycles. The van der Waals surface area contributed by atoms with Gasteiger partial charge in [-0.1, -0.05) is 100 Å². The third kappa shape index (κ3) is 9.12. The van der Waals surface area contributed by atoms with Gasteiger partial charge in [0.25, 0.3) is 0 Å². The Morgan fingerprint density at radius 3 is 1.88 bits per heavy atom. The molecule has 0 N–H and O–H groups in total. The van der Waals surface area contributed by atoms with Crippen molar-refractivity contribution in [3.8, 4) is 0 Å². The van der Waals surface area contributed by atoms with Crippen molar-refractivity contribution in [3.63, 3.8) is 0 Å². The van der Waals surface area contributed by atoms with Crippen LogP contribution in [0.15, 0.2) is 48.5 Å². The molecular weight excluding hydrogens is 419 g/mol. The molecule has 0 spiro atoms. The van der Waals surface area contributed by atoms with Gasteiger partial charge in [-0.2, -0.15) is 0 Å². The molecule has 0 amide bonds. The molecule has 2 aromatic rings. The first-order valence-electron chi connectivity index (χ1n) is 11.7. The van der Waals surface area contributed by atoms with Gasteiger partial charge in [-0.15, -0.1) is 0 Å². The van der Waals surface area contributed by atoms with Crippen LogP contribution in [0.1, 0.15) is 91.3 Å². The fraction of sp³-hybridized carbons (Fsp3) is 0.481. The van der Waals surface area contributed by atoms with Crippen molar-refractivity contribution in [2.45, 2.75) is 78.1 Å². The quantitative estimate of drug-likeness (QED) is 0.108. The molecule has 0 fully saturated rings. The number of unbranched alkanes of at least 4 members (excludes halogenated alkanes) is 7. The highest BCUT2D eigenvalue weighted by Gasteiger charge is 2.32. The van der Waals surface area contributed by atoms with Crippen molar-refractivity contribution in [3.05, 3.63) is 70.8 Å². The number of aryl methyl sites for hydroxylation is 2. The van der Waals surface area contributed by atoms with E-state index in [-0.39, 0.29) is 5.78 Å². The zero-order chi connectivity index (χ0) is 23.8. The number of benzene rings is 2. The molecule has 0 aromatic heterocycles. The molecule has 0 aliphatic carbocycles. The van der Waals surface area contributed by atoms with Crippen molar-refractivity contribution in [2.75, 3.05) is 6.61 Å². The number of carbonyl (C=O) groups excluding carboxylic acids is 2. The van der Waals surface area contributed by atoms with E-state index in [9.17, 15) is 9.59 Å². The summed E-state index contributed by atoms with van der Waals surface area (Å²) < 4.78 is 13.8. The van der Waals surface area contributed by atoms with Crippen molar-refractivity contribution < 1.29 is 18.9 Å². The third-order valence-electron chi connectivity index (χ3n) is 5.60. The molecule has 176 valence electrons. The van der Waals surface area contributed by atoms with Gasteiger partial charge in [0.15, 0.2) is 5.78 Å². The minimum Gasteiger partial charge on any atom is -0.465 e. The highest BCUT2D eigenvalue weighted by atomic mass is 31.0. The van der Waals surface area contributed by atoms with Crippen LogP contribution >= 0.6 is 9.12 Å². The van der Waals surface area contributed by atoms with Crippen LogP contribution < -0.4 is 0 Å². The largest absolute Gasteiger partial charge is 0.465 e. The molecule has 4 nitrogen and oxygen atoms in total. The lowest BCUT2D eigenvalue weighted by Crippen LogP contribution is -2.26. The van der Waals surface area contributed by atoms with Crippen LogP contribution in [0.5, 0.6) is 0 Å². The Morgan fingerprint density at radius 1 is 0.781 bits per heavy atom. The van der Waals surface area contributed by atoms with E-state index in [1.165, 1.54) is 38.5 Å². The van der Waals surface area contributed by atoms with E-state index in [2.05, 4.69) is 6.92 Å². The molecule has 5 heteroatoms. The standard InChI is InChI=1S/C27H36O3.H3OP/c1-4-5-6-7-8-9-10-14-20-30-27(29)25(23-18-12-11-13-19-23)26(28)24-21(2)16-15-17-22(24)3;1-2/h11-13,15-19,25H,4-10,14,20H2,1-3H3;2H3. The zero-order valence-corrected chi connectivity index (χ0v) is 21.3. The molecule has 2 aromatic carbocycles. The summed E-state index contributed by atoms with van der Waals surface area (Å²) in [7, 11) is 0.611. The van der Waals surface area contributed by atoms with Crippen molar-refractivity contribution in [1.82, 2.24) is 0 Å². The Kier molecular flexibility index (Phi) is 14.3. The van der Waals surface area contributed by atoms with Crippen LogP contribution in [0.2, 0.25) is 0 Å². The van der Waals surface area contributed by atoms with E-state index in [0.29, 0.717) is 26.9 Å². The lowest BCUT2D eigenvalue weighted by molar-refractivity contribution is -0.144. The number of rotatable bonds is 13. The SMILES string of the molecule is CCCCCCCCCCOC(=O)C(C(=O)c1c(C)cccc1C)c1ccccc1.O=[PH3]. The molecule has 2 unspecified atom stereocenters. The second-order valence-electron chi connectivity index (χ2n) is 8.12. The van der Waals surface area contributed by atoms with Crippen molar-refractivity contribution in [1.29, 1.82) is 0 Å². The Labute approximate surface area is 195 Å². The fourth-order valence-corrected chi connectivity index (χ4v) is 3.88. The van der Waals surface area contributed by atoms with Crippen LogP contribution in [-0.4, -0.2) is 18.4 Å². The summed E-state index contributed by atoms with van der Waals surface area (Å²) in [4.78, 5) is 26.3. The van der Waals surface area contributed by atoms with Gasteiger partial charge in [-0.25, -0.2) is 0 Å². The summed E-state index contributed by atoms with van der Waals surface area (Å²) in [6, 6.07) is 15.0. The first-order chi connectivity index (χ1) is 15.6. The molecule has 0 aliphatic heterocycles. The van der Waals surface area contributed by atoms with Gasteiger partial charge >= 0.3 is 5.97 Å². The highest BCUT2D eigenvalue weighted by Crippen LogP contribution is 2.26. The summed E-state index contributed by atoms with van der Waals surface area (Å²) >= 11 is 0. The van der Waals surface area contributed by atoms with Crippen LogP contribution in [0.25, 0.3) is 0 Å². The Hall–Kier alpha value is -2.19. The van der Waals surface area contributed by atoms with Gasteiger partial charge < -0.3 is 9.30 Å². The van der Waals surface area contributed by atoms with Gasteiger partial charge in [-0.3, -0.25) is 9.59 Å². The van der Waals surface area contributed by atoms with E-state index in [1.807, 2.05) is 62.4 Å². The van der Waals surface area contributed by atoms with Gasteiger partial charge in [0.05, 0.1) is 15.7 Å². The van der Waals surface area contributed by atoms with Crippen LogP contribution in [0.4, 0.5) is 0 Å². The maximum absolute atomic E-state index is 13.4. The average molecular weight is 459 g/mol. The highest BCUT2D eigenvalue weighted by molar-refractivity contribution is 7.00. The normalized spacial score (nSPS) is 11.3. The monoisotopic (exact) mass is 458 g/mol. The van der Waals surface area contributed by atoms with E-state index in [1.54, 1.807) is 0 Å². The topological polar surface area (TPSA) is 60.4 Å². The summed E-state index contributed by atoms with van der Waals surface area (Å²) in [5.41, 5.74) is 3.08. The van der Waals surface area contributed by atoms with E-state index < -0.39 is 11.9 Å². The Balaban J connectivity index is 0.00000249. The first kappa shape index (κ1) is 27.8. The van der Waals surface area contributed by atoms with E-state index >= 15 is 0 Å². The minimum absolute atomic E-state index is 0.183. The molecule has 0 bridgehead atoms. The second kappa shape index (κ2) is 16.4. The molecule has 2 atom stereocenters. The number of ketones is 1. The number of Topliss-reactive ketones (excluding diaryl/α,β-unsaturated/α-hetero) is 1. The number of hydrogen-bond acceptors (Lipinski definition) is 4. The number of ether oxygens (including phenoxy) is 1. The maximum atomic E-state index is 13.4. The molecule has 0 aliphatic rings. The van der Waals surface area contributed by atoms with Crippen LogP contribution in [0.3, 0.4) is 0 Å². The first-order valence-corrected chi connectivity index (χ1v) is 12.2. The van der Waals surface area contributed by atoms with Gasteiger partial charge in [0.1, 0.15) is 5.92 Å². The minimum atomic E-state index is -0.917. The third-order valence-corrected chi connectivity index (χ3v) is 5.60. The second-order valence-corrected chi connectivity index (χ2v) is 8.12. The van der Waals surface area contributed by atoms with Crippen LogP contribution in [0, 0.1) is 13.8 Å². The maximum Gasteiger partial charge on any atom is 0.321 e. The Morgan fingerprint density at radius 2 is 1.31 bits per heavy atom. The molecule has 0 saturated carbocycles. The summed E-state index contributed by atoms with van der Waals surface area (Å²) in [6.07, 6.45) is 9.49. The summed E-state index contributed by atoms with van der Waals surface area (Å²) in [5.74, 6) is -1.55. The summed E-state index contributed by atoms with van der Waals surface area (Å²) in [5, 5.41) is 0. The smallest absolute Gasteiger partial charge is 0.321 e. The molecular formula is C27H39O4P. The predicted molar refractivity (Wildman–Crippen MR) is 135 cm³/mol. The van der Waals surface area contributed by atoms with Gasteiger partial charge in [0, 0.05) is 5.56 Å².